The molecule has 4 rings (SSSR count). The first-order valence-corrected chi connectivity index (χ1v) is 8.37. The largest absolute Gasteiger partial charge is 0.378 e. The summed E-state index contributed by atoms with van der Waals surface area (Å²) in [6.07, 6.45) is 5.76. The highest BCUT2D eigenvalue weighted by atomic mass is 79.9. The first kappa shape index (κ1) is 13.4. The van der Waals surface area contributed by atoms with Gasteiger partial charge < -0.3 is 5.32 Å². The van der Waals surface area contributed by atoms with E-state index in [0.29, 0.717) is 17.9 Å². The van der Waals surface area contributed by atoms with E-state index >= 15 is 0 Å². The van der Waals surface area contributed by atoms with Gasteiger partial charge in [-0.1, -0.05) is 51.8 Å². The van der Waals surface area contributed by atoms with Crippen LogP contribution in [0.25, 0.3) is 0 Å². The van der Waals surface area contributed by atoms with Crippen LogP contribution in [-0.4, -0.2) is 0 Å². The van der Waals surface area contributed by atoms with Gasteiger partial charge in [0, 0.05) is 21.1 Å². The van der Waals surface area contributed by atoms with E-state index in [4.69, 9.17) is 11.6 Å². The summed E-state index contributed by atoms with van der Waals surface area (Å²) in [5, 5.41) is 4.53. The van der Waals surface area contributed by atoms with Gasteiger partial charge in [0.05, 0.1) is 6.04 Å². The topological polar surface area (TPSA) is 12.0 Å². The molecule has 0 saturated carbocycles. The second kappa shape index (κ2) is 5.19. The van der Waals surface area contributed by atoms with E-state index < -0.39 is 0 Å². The van der Waals surface area contributed by atoms with Crippen molar-refractivity contribution < 1.29 is 0 Å². The maximum Gasteiger partial charge on any atom is 0.0553 e. The zero-order valence-electron chi connectivity index (χ0n) is 11.4. The lowest BCUT2D eigenvalue weighted by Gasteiger charge is -2.37. The molecule has 1 aliphatic heterocycles. The molecule has 0 amide bonds. The number of anilines is 1. The van der Waals surface area contributed by atoms with Gasteiger partial charge in [0.2, 0.25) is 0 Å². The number of nitrogens with one attached hydrogen (secondary N) is 1. The lowest BCUT2D eigenvalue weighted by molar-refractivity contribution is 0.425. The minimum absolute atomic E-state index is 0.353. The van der Waals surface area contributed by atoms with Crippen molar-refractivity contribution in [1.29, 1.82) is 0 Å². The van der Waals surface area contributed by atoms with Crippen molar-refractivity contribution >= 4 is 33.2 Å². The Morgan fingerprint density at radius 2 is 1.90 bits per heavy atom. The van der Waals surface area contributed by atoms with E-state index in [0.717, 1.165) is 15.9 Å². The molecule has 0 fully saturated rings. The quantitative estimate of drug-likeness (QED) is 0.622. The molecule has 2 aromatic carbocycles. The maximum atomic E-state index is 6.18. The van der Waals surface area contributed by atoms with Crippen LogP contribution in [0.3, 0.4) is 0 Å². The predicted octanol–water partition coefficient (Wildman–Crippen LogP) is 5.93. The number of hydrogen-bond donors (Lipinski definition) is 1. The van der Waals surface area contributed by atoms with Crippen molar-refractivity contribution in [2.24, 2.45) is 5.92 Å². The third-order valence-corrected chi connectivity index (χ3v) is 5.32. The van der Waals surface area contributed by atoms with Gasteiger partial charge in [-0.2, -0.15) is 0 Å². The fourth-order valence-electron chi connectivity index (χ4n) is 3.57. The summed E-state index contributed by atoms with van der Waals surface area (Å²) >= 11 is 9.69. The molecule has 21 heavy (non-hydrogen) atoms. The van der Waals surface area contributed by atoms with Gasteiger partial charge >= 0.3 is 0 Å². The zero-order chi connectivity index (χ0) is 14.4. The first-order chi connectivity index (χ1) is 10.2. The Balaban J connectivity index is 1.78. The highest BCUT2D eigenvalue weighted by Gasteiger charge is 2.37. The van der Waals surface area contributed by atoms with Crippen molar-refractivity contribution in [2.45, 2.75) is 18.4 Å². The molecule has 3 unspecified atom stereocenters. The van der Waals surface area contributed by atoms with Crippen LogP contribution >= 0.6 is 27.5 Å². The average Bonchev–Trinajstić information content (AvgIpc) is 2.97. The second-order valence-electron chi connectivity index (χ2n) is 5.76. The van der Waals surface area contributed by atoms with Gasteiger partial charge in [-0.05, 0) is 53.8 Å². The van der Waals surface area contributed by atoms with Crippen molar-refractivity contribution in [1.82, 2.24) is 0 Å². The zero-order valence-corrected chi connectivity index (χ0v) is 13.7. The Bertz CT molecular complexity index is 708. The van der Waals surface area contributed by atoms with Crippen molar-refractivity contribution in [3.8, 4) is 0 Å². The van der Waals surface area contributed by atoms with Crippen LogP contribution in [0.15, 0.2) is 59.1 Å². The molecule has 2 aromatic rings. The minimum atomic E-state index is 0.353. The summed E-state index contributed by atoms with van der Waals surface area (Å²) in [4.78, 5) is 0. The van der Waals surface area contributed by atoms with Crippen LogP contribution < -0.4 is 5.32 Å². The van der Waals surface area contributed by atoms with Gasteiger partial charge in [-0.15, -0.1) is 0 Å². The van der Waals surface area contributed by atoms with E-state index in [-0.39, 0.29) is 0 Å². The molecule has 1 heterocycles. The smallest absolute Gasteiger partial charge is 0.0553 e. The molecule has 0 spiro atoms. The normalized spacial score (nSPS) is 26.1. The molecule has 106 valence electrons. The number of halogens is 2. The van der Waals surface area contributed by atoms with Gasteiger partial charge in [0.1, 0.15) is 0 Å². The average molecular weight is 361 g/mol. The number of fused-ring (bicyclic) bond motifs is 3. The maximum absolute atomic E-state index is 6.18. The molecule has 0 radical (unpaired) electrons. The molecule has 1 aliphatic carbocycles. The SMILES string of the molecule is Clc1ccc2c(c1)C1C=CCC1C(c1ccc(Br)cc1)N2. The fraction of sp³-hybridized carbons (Fsp3) is 0.222. The van der Waals surface area contributed by atoms with E-state index in [9.17, 15) is 0 Å². The Hall–Kier alpha value is -1.25. The number of benzene rings is 2. The monoisotopic (exact) mass is 359 g/mol. The predicted molar refractivity (Wildman–Crippen MR) is 91.9 cm³/mol. The molecule has 1 N–H and O–H groups in total. The number of hydrogen-bond acceptors (Lipinski definition) is 1. The minimum Gasteiger partial charge on any atom is -0.378 e. The van der Waals surface area contributed by atoms with E-state index in [1.165, 1.54) is 16.8 Å². The van der Waals surface area contributed by atoms with E-state index in [2.05, 4.69) is 69.8 Å². The second-order valence-corrected chi connectivity index (χ2v) is 7.11. The van der Waals surface area contributed by atoms with Crippen LogP contribution in [0.5, 0.6) is 0 Å². The lowest BCUT2D eigenvalue weighted by atomic mass is 9.77. The molecule has 3 heteroatoms. The molecule has 3 atom stereocenters. The molecule has 1 nitrogen and oxygen atoms in total. The van der Waals surface area contributed by atoms with Gasteiger partial charge in [-0.25, -0.2) is 0 Å². The highest BCUT2D eigenvalue weighted by Crippen LogP contribution is 2.50. The summed E-state index contributed by atoms with van der Waals surface area (Å²) in [7, 11) is 0. The Kier molecular flexibility index (Phi) is 3.31. The molecule has 0 saturated heterocycles. The molecule has 0 bridgehead atoms. The van der Waals surface area contributed by atoms with Crippen molar-refractivity contribution in [2.75, 3.05) is 5.32 Å². The third-order valence-electron chi connectivity index (χ3n) is 4.55. The van der Waals surface area contributed by atoms with Gasteiger partial charge in [0.15, 0.2) is 0 Å². The summed E-state index contributed by atoms with van der Waals surface area (Å²) in [5.41, 5.74) is 3.88. The Labute approximate surface area is 138 Å². The van der Waals surface area contributed by atoms with Crippen molar-refractivity contribution in [3.63, 3.8) is 0 Å². The Morgan fingerprint density at radius 3 is 2.71 bits per heavy atom. The van der Waals surface area contributed by atoms with E-state index in [1.807, 2.05) is 6.07 Å². The Morgan fingerprint density at radius 1 is 1.10 bits per heavy atom. The molecule has 2 aliphatic rings. The van der Waals surface area contributed by atoms with Crippen LogP contribution in [0.1, 0.15) is 29.5 Å². The fourth-order valence-corrected chi connectivity index (χ4v) is 4.01. The van der Waals surface area contributed by atoms with E-state index in [1.54, 1.807) is 0 Å². The lowest BCUT2D eigenvalue weighted by Crippen LogP contribution is -2.28. The summed E-state index contributed by atoms with van der Waals surface area (Å²) in [5.74, 6) is 1.03. The van der Waals surface area contributed by atoms with Gasteiger partial charge in [-0.3, -0.25) is 0 Å². The van der Waals surface area contributed by atoms with Gasteiger partial charge in [0.25, 0.3) is 0 Å². The number of rotatable bonds is 1. The van der Waals surface area contributed by atoms with Crippen LogP contribution in [0.2, 0.25) is 5.02 Å². The standard InChI is InChI=1S/C18H15BrClN/c19-12-6-4-11(5-7-12)18-15-3-1-2-14(15)16-10-13(20)8-9-17(16)21-18/h1-2,4-10,14-15,18,21H,3H2. The van der Waals surface area contributed by atoms with Crippen LogP contribution in [-0.2, 0) is 0 Å². The third kappa shape index (κ3) is 2.31. The summed E-state index contributed by atoms with van der Waals surface area (Å²) < 4.78 is 1.12. The number of allylic oxidation sites excluding steroid dienone is 2. The van der Waals surface area contributed by atoms with Crippen molar-refractivity contribution in [3.05, 3.63) is 75.2 Å². The summed E-state index contributed by atoms with van der Waals surface area (Å²) in [6.45, 7) is 0. The van der Waals surface area contributed by atoms with Crippen LogP contribution in [0.4, 0.5) is 5.69 Å². The highest BCUT2D eigenvalue weighted by molar-refractivity contribution is 9.10. The summed E-state index contributed by atoms with van der Waals surface area (Å²) in [6, 6.07) is 15.2. The molecular formula is C18H15BrClN. The van der Waals surface area contributed by atoms with Crippen LogP contribution in [0, 0.1) is 5.92 Å². The molecule has 0 aromatic heterocycles. The first-order valence-electron chi connectivity index (χ1n) is 7.20. The molecular weight excluding hydrogens is 346 g/mol.